The quantitative estimate of drug-likeness (QED) is 0.668. The minimum absolute atomic E-state index is 0.665. The van der Waals surface area contributed by atoms with E-state index in [-0.39, 0.29) is 0 Å². The van der Waals surface area contributed by atoms with Gasteiger partial charge in [-0.3, -0.25) is 0 Å². The Balaban J connectivity index is 1.98. The van der Waals surface area contributed by atoms with Crippen molar-refractivity contribution in [3.05, 3.63) is 17.5 Å². The van der Waals surface area contributed by atoms with Crippen LogP contribution in [0.1, 0.15) is 11.3 Å². The smallest absolute Gasteiger partial charge is 0.222 e. The molecule has 0 amide bonds. The lowest BCUT2D eigenvalue weighted by molar-refractivity contribution is 0.210. The summed E-state index contributed by atoms with van der Waals surface area (Å²) in [7, 11) is 1.68. The van der Waals surface area contributed by atoms with Crippen molar-refractivity contribution < 1.29 is 4.74 Å². The van der Waals surface area contributed by atoms with Crippen LogP contribution < -0.4 is 10.6 Å². The Labute approximate surface area is 82.9 Å². The molecule has 0 radical (unpaired) electrons. The van der Waals surface area contributed by atoms with E-state index >= 15 is 0 Å². The van der Waals surface area contributed by atoms with Gasteiger partial charge >= 0.3 is 0 Å². The summed E-state index contributed by atoms with van der Waals surface area (Å²) in [5.74, 6) is 0.685. The molecule has 1 aromatic heterocycles. The Morgan fingerprint density at radius 2 is 2.50 bits per heavy atom. The Morgan fingerprint density at radius 1 is 1.57 bits per heavy atom. The number of methoxy groups -OCH3 is 1. The zero-order chi connectivity index (χ0) is 9.80. The highest BCUT2D eigenvalue weighted by Gasteiger charge is 2.12. The topological polar surface area (TPSA) is 59.1 Å². The van der Waals surface area contributed by atoms with Gasteiger partial charge in [-0.25, -0.2) is 9.97 Å². The van der Waals surface area contributed by atoms with Crippen LogP contribution in [0, 0.1) is 0 Å². The van der Waals surface area contributed by atoms with Crippen molar-refractivity contribution >= 4 is 5.95 Å². The molecule has 0 fully saturated rings. The van der Waals surface area contributed by atoms with Gasteiger partial charge in [0, 0.05) is 38.5 Å². The van der Waals surface area contributed by atoms with E-state index in [1.54, 1.807) is 7.11 Å². The maximum atomic E-state index is 4.93. The highest BCUT2D eigenvalue weighted by Crippen LogP contribution is 2.12. The van der Waals surface area contributed by atoms with Crippen LogP contribution in [0.4, 0.5) is 5.95 Å². The number of aromatic nitrogens is 2. The summed E-state index contributed by atoms with van der Waals surface area (Å²) >= 11 is 0. The van der Waals surface area contributed by atoms with Crippen LogP contribution in [0.25, 0.3) is 0 Å². The average molecular weight is 194 g/mol. The summed E-state index contributed by atoms with van der Waals surface area (Å²) < 4.78 is 4.93. The Morgan fingerprint density at radius 3 is 3.36 bits per heavy atom. The fraction of sp³-hybridized carbons (Fsp3) is 0.556. The molecule has 0 spiro atoms. The first kappa shape index (κ1) is 9.36. The highest BCUT2D eigenvalue weighted by molar-refractivity contribution is 5.31. The van der Waals surface area contributed by atoms with Crippen LogP contribution in [0.15, 0.2) is 6.20 Å². The van der Waals surface area contributed by atoms with Crippen molar-refractivity contribution in [2.75, 3.05) is 25.6 Å². The van der Waals surface area contributed by atoms with Gasteiger partial charge in [0.1, 0.15) is 0 Å². The first-order valence-electron chi connectivity index (χ1n) is 4.68. The number of hydrogen-bond donors (Lipinski definition) is 2. The van der Waals surface area contributed by atoms with Gasteiger partial charge in [0.15, 0.2) is 0 Å². The number of anilines is 1. The van der Waals surface area contributed by atoms with Crippen LogP contribution in [-0.2, 0) is 17.8 Å². The van der Waals surface area contributed by atoms with Crippen molar-refractivity contribution in [1.29, 1.82) is 0 Å². The SMILES string of the molecule is COCCNc1ncc2c(n1)CNC2. The molecule has 0 aromatic carbocycles. The fourth-order valence-electron chi connectivity index (χ4n) is 1.41. The number of fused-ring (bicyclic) bond motifs is 1. The molecule has 1 aliphatic heterocycles. The Bertz CT molecular complexity index is 316. The summed E-state index contributed by atoms with van der Waals surface area (Å²) in [4.78, 5) is 8.59. The standard InChI is InChI=1S/C9H14N4O/c1-14-3-2-11-9-12-5-7-4-10-6-8(7)13-9/h5,10H,2-4,6H2,1H3,(H,11,12,13). The van der Waals surface area contributed by atoms with Gasteiger partial charge in [-0.2, -0.15) is 0 Å². The normalized spacial score (nSPS) is 14.1. The van der Waals surface area contributed by atoms with E-state index in [1.807, 2.05) is 6.20 Å². The minimum Gasteiger partial charge on any atom is -0.383 e. The lowest BCUT2D eigenvalue weighted by Crippen LogP contribution is -2.11. The lowest BCUT2D eigenvalue weighted by Gasteiger charge is -2.04. The van der Waals surface area contributed by atoms with Gasteiger partial charge < -0.3 is 15.4 Å². The van der Waals surface area contributed by atoms with Gasteiger partial charge in [-0.1, -0.05) is 0 Å². The van der Waals surface area contributed by atoms with E-state index in [0.717, 1.165) is 25.3 Å². The molecule has 0 bridgehead atoms. The molecule has 1 aromatic rings. The molecule has 0 saturated carbocycles. The monoisotopic (exact) mass is 194 g/mol. The fourth-order valence-corrected chi connectivity index (χ4v) is 1.41. The molecule has 76 valence electrons. The van der Waals surface area contributed by atoms with E-state index in [9.17, 15) is 0 Å². The second-order valence-electron chi connectivity index (χ2n) is 3.19. The van der Waals surface area contributed by atoms with E-state index in [0.29, 0.717) is 12.6 Å². The number of hydrogen-bond acceptors (Lipinski definition) is 5. The number of rotatable bonds is 4. The molecular weight excluding hydrogens is 180 g/mol. The van der Waals surface area contributed by atoms with Crippen molar-refractivity contribution in [1.82, 2.24) is 15.3 Å². The van der Waals surface area contributed by atoms with Gasteiger partial charge in [-0.15, -0.1) is 0 Å². The molecule has 2 N–H and O–H groups in total. The molecule has 0 atom stereocenters. The summed E-state index contributed by atoms with van der Waals surface area (Å²) in [6.07, 6.45) is 1.87. The Hall–Kier alpha value is -1.20. The lowest BCUT2D eigenvalue weighted by atomic mass is 10.3. The van der Waals surface area contributed by atoms with Gasteiger partial charge in [0.05, 0.1) is 12.3 Å². The summed E-state index contributed by atoms with van der Waals surface area (Å²) in [6.45, 7) is 3.13. The third-order valence-corrected chi connectivity index (χ3v) is 2.15. The van der Waals surface area contributed by atoms with E-state index in [4.69, 9.17) is 4.74 Å². The average Bonchev–Trinajstić information content (AvgIpc) is 2.65. The summed E-state index contributed by atoms with van der Waals surface area (Å²) in [5.41, 5.74) is 2.29. The highest BCUT2D eigenvalue weighted by atomic mass is 16.5. The zero-order valence-corrected chi connectivity index (χ0v) is 8.21. The van der Waals surface area contributed by atoms with E-state index in [2.05, 4.69) is 20.6 Å². The molecule has 2 heterocycles. The molecule has 0 unspecified atom stereocenters. The summed E-state index contributed by atoms with van der Waals surface area (Å²) in [6, 6.07) is 0. The third kappa shape index (κ3) is 2.00. The predicted octanol–water partition coefficient (Wildman–Crippen LogP) is 0.138. The van der Waals surface area contributed by atoms with Crippen LogP contribution in [0.2, 0.25) is 0 Å². The van der Waals surface area contributed by atoms with Crippen LogP contribution in [-0.4, -0.2) is 30.2 Å². The maximum Gasteiger partial charge on any atom is 0.222 e. The molecule has 14 heavy (non-hydrogen) atoms. The number of ether oxygens (including phenoxy) is 1. The van der Waals surface area contributed by atoms with Crippen molar-refractivity contribution in [2.45, 2.75) is 13.1 Å². The second-order valence-corrected chi connectivity index (χ2v) is 3.19. The first-order chi connectivity index (χ1) is 6.90. The maximum absolute atomic E-state index is 4.93. The van der Waals surface area contributed by atoms with Gasteiger partial charge in [0.25, 0.3) is 0 Å². The van der Waals surface area contributed by atoms with Crippen molar-refractivity contribution in [3.8, 4) is 0 Å². The third-order valence-electron chi connectivity index (χ3n) is 2.15. The molecule has 5 heteroatoms. The number of nitrogens with zero attached hydrogens (tertiary/aromatic N) is 2. The molecule has 2 rings (SSSR count). The largest absolute Gasteiger partial charge is 0.383 e. The molecule has 0 aliphatic carbocycles. The van der Waals surface area contributed by atoms with Crippen LogP contribution >= 0.6 is 0 Å². The molecule has 5 nitrogen and oxygen atoms in total. The first-order valence-corrected chi connectivity index (χ1v) is 4.68. The summed E-state index contributed by atoms with van der Waals surface area (Å²) in [5, 5.41) is 6.33. The van der Waals surface area contributed by atoms with Crippen molar-refractivity contribution in [3.63, 3.8) is 0 Å². The molecule has 1 aliphatic rings. The molecule has 0 saturated heterocycles. The second kappa shape index (κ2) is 4.34. The van der Waals surface area contributed by atoms with Crippen LogP contribution in [0.5, 0.6) is 0 Å². The minimum atomic E-state index is 0.665. The Kier molecular flexibility index (Phi) is 2.90. The zero-order valence-electron chi connectivity index (χ0n) is 8.21. The number of nitrogens with one attached hydrogen (secondary N) is 2. The van der Waals surface area contributed by atoms with E-state index in [1.165, 1.54) is 5.56 Å². The van der Waals surface area contributed by atoms with Crippen molar-refractivity contribution in [2.24, 2.45) is 0 Å². The van der Waals surface area contributed by atoms with Gasteiger partial charge in [-0.05, 0) is 0 Å². The van der Waals surface area contributed by atoms with Gasteiger partial charge in [0.2, 0.25) is 5.95 Å². The molecular formula is C9H14N4O. The van der Waals surface area contributed by atoms with Crippen LogP contribution in [0.3, 0.4) is 0 Å². The van der Waals surface area contributed by atoms with E-state index < -0.39 is 0 Å². The predicted molar refractivity (Wildman–Crippen MR) is 52.9 cm³/mol.